The lowest BCUT2D eigenvalue weighted by Gasteiger charge is -2.14. The van der Waals surface area contributed by atoms with Gasteiger partial charge in [0.15, 0.2) is 5.78 Å². The Morgan fingerprint density at radius 3 is 2.60 bits per heavy atom. The second-order valence-corrected chi connectivity index (χ2v) is 6.16. The molecular formula is C15H12Cl2N4O4. The summed E-state index contributed by atoms with van der Waals surface area (Å²) in [5, 5.41) is 7.29. The number of nitrogens with zero attached hydrogens (tertiary/aromatic N) is 4. The number of halogens is 2. The van der Waals surface area contributed by atoms with E-state index in [-0.39, 0.29) is 32.8 Å². The minimum Gasteiger partial charge on any atom is -0.427 e. The summed E-state index contributed by atoms with van der Waals surface area (Å²) in [6, 6.07) is 2.78. The van der Waals surface area contributed by atoms with Crippen LogP contribution >= 0.6 is 23.2 Å². The van der Waals surface area contributed by atoms with Gasteiger partial charge >= 0.3 is 11.7 Å². The molecule has 1 aromatic carbocycles. The van der Waals surface area contributed by atoms with Gasteiger partial charge in [0, 0.05) is 26.0 Å². The second kappa shape index (κ2) is 6.81. The summed E-state index contributed by atoms with van der Waals surface area (Å²) in [4.78, 5) is 35.8. The summed E-state index contributed by atoms with van der Waals surface area (Å²) in [6.07, 6.45) is 2.84. The summed E-state index contributed by atoms with van der Waals surface area (Å²) in [6.45, 7) is 0. The predicted octanol–water partition coefficient (Wildman–Crippen LogP) is 2.07. The van der Waals surface area contributed by atoms with Gasteiger partial charge in [-0.1, -0.05) is 23.2 Å². The summed E-state index contributed by atoms with van der Waals surface area (Å²) < 4.78 is 7.13. The van der Waals surface area contributed by atoms with E-state index in [1.807, 2.05) is 0 Å². The summed E-state index contributed by atoms with van der Waals surface area (Å²) in [5.74, 6) is -0.561. The standard InChI is InChI=1S/C15H12Cl2N4O4/c1-20-15(24)21(19-18-20)13-11(16)6-5-10(12(13)17)14(23)25-9-4-2-3-8(22)7-9/h5-7H,2-4H2,1H3. The van der Waals surface area contributed by atoms with E-state index < -0.39 is 11.7 Å². The van der Waals surface area contributed by atoms with Crippen LogP contribution in [-0.4, -0.2) is 31.5 Å². The van der Waals surface area contributed by atoms with Crippen molar-refractivity contribution in [2.24, 2.45) is 7.05 Å². The first-order chi connectivity index (χ1) is 11.9. The Morgan fingerprint density at radius 2 is 1.96 bits per heavy atom. The average Bonchev–Trinajstić information content (AvgIpc) is 2.87. The van der Waals surface area contributed by atoms with Gasteiger partial charge in [0.2, 0.25) is 0 Å². The van der Waals surface area contributed by atoms with Gasteiger partial charge in [-0.15, -0.1) is 0 Å². The minimum absolute atomic E-state index is 0.00228. The summed E-state index contributed by atoms with van der Waals surface area (Å²) in [7, 11) is 1.41. The number of carbonyl (C=O) groups is 2. The summed E-state index contributed by atoms with van der Waals surface area (Å²) in [5.41, 5.74) is -0.544. The highest BCUT2D eigenvalue weighted by atomic mass is 35.5. The van der Waals surface area contributed by atoms with Crippen molar-refractivity contribution in [3.05, 3.63) is 50.1 Å². The van der Waals surface area contributed by atoms with Gasteiger partial charge in [0.05, 0.1) is 15.6 Å². The zero-order valence-electron chi connectivity index (χ0n) is 13.0. The molecule has 0 unspecified atom stereocenters. The maximum absolute atomic E-state index is 12.4. The Kier molecular flexibility index (Phi) is 4.73. The number of tetrazole rings is 1. The molecule has 0 fully saturated rings. The highest BCUT2D eigenvalue weighted by molar-refractivity contribution is 6.39. The number of carbonyl (C=O) groups excluding carboxylic acids is 2. The van der Waals surface area contributed by atoms with Crippen LogP contribution in [0.15, 0.2) is 28.8 Å². The average molecular weight is 383 g/mol. The van der Waals surface area contributed by atoms with Crippen molar-refractivity contribution in [1.29, 1.82) is 0 Å². The number of hydrogen-bond donors (Lipinski definition) is 0. The topological polar surface area (TPSA) is 96.1 Å². The molecule has 130 valence electrons. The van der Waals surface area contributed by atoms with Crippen molar-refractivity contribution >= 4 is 35.0 Å². The van der Waals surface area contributed by atoms with Gasteiger partial charge in [-0.2, -0.15) is 9.36 Å². The zero-order chi connectivity index (χ0) is 18.1. The number of allylic oxidation sites excluding steroid dienone is 2. The Hall–Kier alpha value is -2.45. The maximum Gasteiger partial charge on any atom is 0.368 e. The van der Waals surface area contributed by atoms with Gasteiger partial charge in [-0.25, -0.2) is 9.59 Å². The Balaban J connectivity index is 1.99. The highest BCUT2D eigenvalue weighted by Crippen LogP contribution is 2.31. The molecule has 8 nitrogen and oxygen atoms in total. The lowest BCUT2D eigenvalue weighted by Crippen LogP contribution is -2.23. The van der Waals surface area contributed by atoms with Crippen molar-refractivity contribution in [1.82, 2.24) is 19.8 Å². The Bertz CT molecular complexity index is 961. The largest absolute Gasteiger partial charge is 0.427 e. The van der Waals surface area contributed by atoms with Crippen molar-refractivity contribution in [3.8, 4) is 5.69 Å². The molecule has 1 aliphatic carbocycles. The van der Waals surface area contributed by atoms with E-state index in [2.05, 4.69) is 10.4 Å². The van der Waals surface area contributed by atoms with E-state index >= 15 is 0 Å². The third-order valence-corrected chi connectivity index (χ3v) is 4.30. The summed E-state index contributed by atoms with van der Waals surface area (Å²) >= 11 is 12.4. The number of aryl methyl sites for hydroxylation is 1. The fourth-order valence-electron chi connectivity index (χ4n) is 2.36. The number of benzene rings is 1. The van der Waals surface area contributed by atoms with Crippen LogP contribution in [0.25, 0.3) is 5.69 Å². The number of rotatable bonds is 3. The zero-order valence-corrected chi connectivity index (χ0v) is 14.5. The van der Waals surface area contributed by atoms with Crippen LogP contribution < -0.4 is 5.69 Å². The van der Waals surface area contributed by atoms with E-state index in [0.717, 1.165) is 9.36 Å². The molecule has 0 N–H and O–H groups in total. The molecule has 25 heavy (non-hydrogen) atoms. The monoisotopic (exact) mass is 382 g/mol. The van der Waals surface area contributed by atoms with Gasteiger partial charge in [-0.05, 0) is 29.0 Å². The number of ether oxygens (including phenoxy) is 1. The fraction of sp³-hybridized carbons (Fsp3) is 0.267. The molecule has 0 saturated heterocycles. The maximum atomic E-state index is 12.4. The normalized spacial score (nSPS) is 14.4. The molecule has 0 atom stereocenters. The molecule has 0 radical (unpaired) electrons. The fourth-order valence-corrected chi connectivity index (χ4v) is 2.97. The van der Waals surface area contributed by atoms with Crippen LogP contribution in [0.5, 0.6) is 0 Å². The second-order valence-electron chi connectivity index (χ2n) is 5.37. The number of aromatic nitrogens is 4. The molecule has 0 aliphatic heterocycles. The van der Waals surface area contributed by atoms with Crippen LogP contribution in [0, 0.1) is 0 Å². The van der Waals surface area contributed by atoms with Gasteiger partial charge in [0.25, 0.3) is 0 Å². The lowest BCUT2D eigenvalue weighted by molar-refractivity contribution is -0.115. The molecule has 1 heterocycles. The van der Waals surface area contributed by atoms with Crippen molar-refractivity contribution in [2.45, 2.75) is 19.3 Å². The molecular weight excluding hydrogens is 371 g/mol. The van der Waals surface area contributed by atoms with Crippen molar-refractivity contribution < 1.29 is 14.3 Å². The molecule has 0 spiro atoms. The van der Waals surface area contributed by atoms with E-state index in [1.165, 1.54) is 25.3 Å². The molecule has 1 aromatic heterocycles. The molecule has 1 aliphatic rings. The lowest BCUT2D eigenvalue weighted by atomic mass is 10.1. The Morgan fingerprint density at radius 1 is 1.20 bits per heavy atom. The molecule has 2 aromatic rings. The number of esters is 1. The van der Waals surface area contributed by atoms with E-state index in [4.69, 9.17) is 27.9 Å². The molecule has 0 bridgehead atoms. The van der Waals surface area contributed by atoms with Gasteiger partial charge < -0.3 is 4.74 Å². The molecule has 0 saturated carbocycles. The number of hydrogen-bond acceptors (Lipinski definition) is 6. The quantitative estimate of drug-likeness (QED) is 0.753. The SMILES string of the molecule is Cn1nnn(-c2c(Cl)ccc(C(=O)OC3=CC(=O)CCC3)c2Cl)c1=O. The van der Waals surface area contributed by atoms with Gasteiger partial charge in [-0.3, -0.25) is 4.79 Å². The van der Waals surface area contributed by atoms with E-state index in [0.29, 0.717) is 19.3 Å². The van der Waals surface area contributed by atoms with Crippen molar-refractivity contribution in [2.75, 3.05) is 0 Å². The van der Waals surface area contributed by atoms with Crippen LogP contribution in [0.2, 0.25) is 10.0 Å². The third-order valence-electron chi connectivity index (χ3n) is 3.61. The molecule has 0 amide bonds. The van der Waals surface area contributed by atoms with E-state index in [9.17, 15) is 14.4 Å². The predicted molar refractivity (Wildman–Crippen MR) is 89.0 cm³/mol. The minimum atomic E-state index is -0.749. The number of ketones is 1. The van der Waals surface area contributed by atoms with Crippen LogP contribution in [0.1, 0.15) is 29.6 Å². The first-order valence-electron chi connectivity index (χ1n) is 7.31. The highest BCUT2D eigenvalue weighted by Gasteiger charge is 2.23. The first-order valence-corrected chi connectivity index (χ1v) is 8.07. The van der Waals surface area contributed by atoms with E-state index in [1.54, 1.807) is 0 Å². The van der Waals surface area contributed by atoms with Crippen LogP contribution in [-0.2, 0) is 16.6 Å². The first kappa shape index (κ1) is 17.4. The Labute approximate surface area is 151 Å². The molecule has 10 heteroatoms. The molecule has 3 rings (SSSR count). The van der Waals surface area contributed by atoms with Crippen molar-refractivity contribution in [3.63, 3.8) is 0 Å². The smallest absolute Gasteiger partial charge is 0.368 e. The third kappa shape index (κ3) is 3.35. The van der Waals surface area contributed by atoms with Gasteiger partial charge in [0.1, 0.15) is 11.4 Å². The van der Waals surface area contributed by atoms with Crippen LogP contribution in [0.4, 0.5) is 0 Å². The van der Waals surface area contributed by atoms with Crippen LogP contribution in [0.3, 0.4) is 0 Å².